The summed E-state index contributed by atoms with van der Waals surface area (Å²) in [6.45, 7) is 4.08. The van der Waals surface area contributed by atoms with Gasteiger partial charge in [0, 0.05) is 6.42 Å². The number of rotatable bonds is 4. The summed E-state index contributed by atoms with van der Waals surface area (Å²) >= 11 is 0. The van der Waals surface area contributed by atoms with Crippen LogP contribution in [0.3, 0.4) is 0 Å². The van der Waals surface area contributed by atoms with Crippen LogP contribution >= 0.6 is 0 Å². The molecule has 0 aromatic rings. The van der Waals surface area contributed by atoms with E-state index in [4.69, 9.17) is 4.74 Å². The molecule has 0 saturated carbocycles. The second-order valence-electron chi connectivity index (χ2n) is 1.99. The lowest BCUT2D eigenvalue weighted by atomic mass is 10.4. The van der Waals surface area contributed by atoms with E-state index in [-0.39, 0.29) is 5.97 Å². The van der Waals surface area contributed by atoms with Gasteiger partial charge in [-0.3, -0.25) is 4.79 Å². The minimum atomic E-state index is -0.157. The van der Waals surface area contributed by atoms with E-state index in [1.54, 1.807) is 13.0 Å². The molecule has 0 aromatic heterocycles. The highest BCUT2D eigenvalue weighted by molar-refractivity contribution is 5.68. The van der Waals surface area contributed by atoms with Crippen LogP contribution in [0.4, 0.5) is 0 Å². The van der Waals surface area contributed by atoms with Crippen molar-refractivity contribution < 1.29 is 9.53 Å². The lowest BCUT2D eigenvalue weighted by molar-refractivity contribution is -0.141. The fourth-order valence-electron chi connectivity index (χ4n) is 0.488. The highest BCUT2D eigenvalue weighted by Gasteiger charge is 1.92. The van der Waals surface area contributed by atoms with Crippen molar-refractivity contribution in [1.82, 2.24) is 0 Å². The van der Waals surface area contributed by atoms with E-state index in [2.05, 4.69) is 0 Å². The maximum atomic E-state index is 10.6. The molecule has 11 heavy (non-hydrogen) atoms. The zero-order valence-corrected chi connectivity index (χ0v) is 7.04. The van der Waals surface area contributed by atoms with Crippen LogP contribution in [0.5, 0.6) is 0 Å². The van der Waals surface area contributed by atoms with E-state index in [0.717, 1.165) is 0 Å². The van der Waals surface area contributed by atoms with Crippen LogP contribution in [0.25, 0.3) is 0 Å². The van der Waals surface area contributed by atoms with Crippen LogP contribution in [-0.2, 0) is 9.53 Å². The van der Waals surface area contributed by atoms with Crippen LogP contribution in [0.15, 0.2) is 24.3 Å². The van der Waals surface area contributed by atoms with Gasteiger partial charge in [-0.25, -0.2) is 0 Å². The molecule has 0 spiro atoms. The summed E-state index contributed by atoms with van der Waals surface area (Å²) in [4.78, 5) is 10.6. The minimum absolute atomic E-state index is 0.157. The van der Waals surface area contributed by atoms with E-state index in [9.17, 15) is 4.79 Å². The van der Waals surface area contributed by atoms with E-state index < -0.39 is 0 Å². The molecule has 0 saturated heterocycles. The Morgan fingerprint density at radius 3 is 2.73 bits per heavy atom. The van der Waals surface area contributed by atoms with Gasteiger partial charge in [-0.05, 0) is 13.0 Å². The van der Waals surface area contributed by atoms with Crippen molar-refractivity contribution in [3.8, 4) is 0 Å². The van der Waals surface area contributed by atoms with E-state index >= 15 is 0 Å². The van der Waals surface area contributed by atoms with E-state index in [0.29, 0.717) is 13.0 Å². The molecule has 0 N–H and O–H groups in total. The maximum Gasteiger partial charge on any atom is 0.305 e. The molecule has 0 atom stereocenters. The summed E-state index contributed by atoms with van der Waals surface area (Å²) in [7, 11) is 0. The quantitative estimate of drug-likeness (QED) is 0.457. The van der Waals surface area contributed by atoms with Crippen molar-refractivity contribution in [2.45, 2.75) is 20.3 Å². The normalized spacial score (nSPS) is 11.1. The zero-order valence-electron chi connectivity index (χ0n) is 7.04. The first-order valence-electron chi connectivity index (χ1n) is 3.74. The predicted octanol–water partition coefficient (Wildman–Crippen LogP) is 2.07. The third-order valence-corrected chi connectivity index (χ3v) is 1.07. The molecule has 0 amide bonds. The van der Waals surface area contributed by atoms with E-state index in [1.165, 1.54) is 0 Å². The van der Waals surface area contributed by atoms with E-state index in [1.807, 2.05) is 25.2 Å². The number of carbonyl (C=O) groups excluding carboxylic acids is 1. The largest absolute Gasteiger partial charge is 0.461 e. The van der Waals surface area contributed by atoms with Crippen LogP contribution < -0.4 is 0 Å². The van der Waals surface area contributed by atoms with Crippen LogP contribution in [0.1, 0.15) is 20.3 Å². The zero-order chi connectivity index (χ0) is 8.53. The van der Waals surface area contributed by atoms with Gasteiger partial charge in [0.25, 0.3) is 0 Å². The lowest BCUT2D eigenvalue weighted by Gasteiger charge is -1.95. The number of hydrogen-bond donors (Lipinski definition) is 0. The minimum Gasteiger partial charge on any atom is -0.461 e. The Balaban J connectivity index is 3.33. The molecule has 0 aliphatic rings. The number of allylic oxidation sites excluding steroid dienone is 3. The van der Waals surface area contributed by atoms with Crippen molar-refractivity contribution in [3.63, 3.8) is 0 Å². The molecule has 0 aromatic carbocycles. The first-order valence-corrected chi connectivity index (χ1v) is 3.74. The van der Waals surface area contributed by atoms with Gasteiger partial charge in [0.15, 0.2) is 0 Å². The average molecular weight is 154 g/mol. The second kappa shape index (κ2) is 7.06. The second-order valence-corrected chi connectivity index (χ2v) is 1.99. The smallest absolute Gasteiger partial charge is 0.305 e. The Bertz CT molecular complexity index is 157. The summed E-state index contributed by atoms with van der Waals surface area (Å²) in [5.41, 5.74) is 0. The van der Waals surface area contributed by atoms with Gasteiger partial charge in [0.2, 0.25) is 0 Å². The Kier molecular flexibility index (Phi) is 6.39. The summed E-state index contributed by atoms with van der Waals surface area (Å²) in [5.74, 6) is -0.157. The third kappa shape index (κ3) is 6.84. The third-order valence-electron chi connectivity index (χ3n) is 1.07. The van der Waals surface area contributed by atoms with Crippen molar-refractivity contribution >= 4 is 5.97 Å². The van der Waals surface area contributed by atoms with Crippen molar-refractivity contribution in [3.05, 3.63) is 24.3 Å². The van der Waals surface area contributed by atoms with Gasteiger partial charge < -0.3 is 4.74 Å². The molecular weight excluding hydrogens is 140 g/mol. The number of esters is 1. The molecule has 0 unspecified atom stereocenters. The number of hydrogen-bond acceptors (Lipinski definition) is 2. The molecule has 0 heterocycles. The molecule has 0 aliphatic carbocycles. The van der Waals surface area contributed by atoms with Gasteiger partial charge in [-0.1, -0.05) is 25.2 Å². The molecule has 0 fully saturated rings. The Hall–Kier alpha value is -1.05. The van der Waals surface area contributed by atoms with Crippen molar-refractivity contribution in [1.29, 1.82) is 0 Å². The average Bonchev–Trinajstić information content (AvgIpc) is 2.04. The van der Waals surface area contributed by atoms with Crippen LogP contribution in [0.2, 0.25) is 0 Å². The number of carbonyl (C=O) groups is 1. The standard InChI is InChI=1S/C9H14O2/c1-3-5-6-7-8-11-9(10)4-2/h3,5-7H,4,8H2,1-2H3. The predicted molar refractivity (Wildman–Crippen MR) is 45.2 cm³/mol. The fraction of sp³-hybridized carbons (Fsp3) is 0.444. The SMILES string of the molecule is CC=CC=CCOC(=O)CC. The lowest BCUT2D eigenvalue weighted by Crippen LogP contribution is -2.01. The Morgan fingerprint density at radius 2 is 2.18 bits per heavy atom. The van der Waals surface area contributed by atoms with Gasteiger partial charge in [0.05, 0.1) is 0 Å². The number of ether oxygens (including phenoxy) is 1. The topological polar surface area (TPSA) is 26.3 Å². The first-order chi connectivity index (χ1) is 5.31. The molecular formula is C9H14O2. The molecule has 0 bridgehead atoms. The first kappa shape index (κ1) is 9.95. The molecule has 0 radical (unpaired) electrons. The Labute approximate surface area is 67.6 Å². The maximum absolute atomic E-state index is 10.6. The monoisotopic (exact) mass is 154 g/mol. The summed E-state index contributed by atoms with van der Waals surface area (Å²) in [6, 6.07) is 0. The van der Waals surface area contributed by atoms with Crippen LogP contribution in [0, 0.1) is 0 Å². The van der Waals surface area contributed by atoms with Gasteiger partial charge in [-0.15, -0.1) is 0 Å². The van der Waals surface area contributed by atoms with Gasteiger partial charge >= 0.3 is 5.97 Å². The molecule has 0 aliphatic heterocycles. The highest BCUT2D eigenvalue weighted by Crippen LogP contribution is 1.85. The summed E-state index contributed by atoms with van der Waals surface area (Å²) in [6.07, 6.45) is 7.89. The van der Waals surface area contributed by atoms with Gasteiger partial charge in [-0.2, -0.15) is 0 Å². The molecule has 0 rings (SSSR count). The fourth-order valence-corrected chi connectivity index (χ4v) is 0.488. The summed E-state index contributed by atoms with van der Waals surface area (Å²) < 4.78 is 4.78. The van der Waals surface area contributed by atoms with Crippen LogP contribution in [-0.4, -0.2) is 12.6 Å². The molecule has 2 heteroatoms. The molecule has 2 nitrogen and oxygen atoms in total. The Morgan fingerprint density at radius 1 is 1.45 bits per heavy atom. The highest BCUT2D eigenvalue weighted by atomic mass is 16.5. The van der Waals surface area contributed by atoms with Crippen molar-refractivity contribution in [2.24, 2.45) is 0 Å². The summed E-state index contributed by atoms with van der Waals surface area (Å²) in [5, 5.41) is 0. The van der Waals surface area contributed by atoms with Gasteiger partial charge in [0.1, 0.15) is 6.61 Å². The van der Waals surface area contributed by atoms with Crippen molar-refractivity contribution in [2.75, 3.05) is 6.61 Å². The molecule has 62 valence electrons.